The Balaban J connectivity index is 2.59. The zero-order valence-corrected chi connectivity index (χ0v) is 13.4. The molecular weight excluding hydrogens is 326 g/mol. The van der Waals surface area contributed by atoms with Crippen LogP contribution in [-0.4, -0.2) is 9.55 Å². The van der Waals surface area contributed by atoms with Crippen molar-refractivity contribution in [2.24, 2.45) is 0 Å². The van der Waals surface area contributed by atoms with Crippen LogP contribution in [0.1, 0.15) is 26.1 Å². The average Bonchev–Trinajstić information content (AvgIpc) is 2.70. The number of anilines is 1. The maximum atomic E-state index is 6.26. The van der Waals surface area contributed by atoms with E-state index in [1.54, 1.807) is 0 Å². The van der Waals surface area contributed by atoms with E-state index in [2.05, 4.69) is 39.3 Å². The minimum atomic E-state index is 0.665. The monoisotopic (exact) mass is 341 g/mol. The Morgan fingerprint density at radius 1 is 1.37 bits per heavy atom. The van der Waals surface area contributed by atoms with Gasteiger partial charge in [-0.25, -0.2) is 4.98 Å². The summed E-state index contributed by atoms with van der Waals surface area (Å²) >= 11 is 9.72. The highest BCUT2D eigenvalue weighted by Gasteiger charge is 2.17. The summed E-state index contributed by atoms with van der Waals surface area (Å²) in [4.78, 5) is 4.65. The molecule has 0 amide bonds. The second-order valence-corrected chi connectivity index (χ2v) is 5.71. The van der Waals surface area contributed by atoms with Gasteiger partial charge in [0.05, 0.1) is 5.02 Å². The number of aryl methyl sites for hydroxylation is 1. The van der Waals surface area contributed by atoms with Gasteiger partial charge in [0.15, 0.2) is 0 Å². The van der Waals surface area contributed by atoms with Gasteiger partial charge in [0, 0.05) is 23.0 Å². The topological polar surface area (TPSA) is 43.8 Å². The maximum absolute atomic E-state index is 6.26. The Bertz CT molecular complexity index is 593. The van der Waals surface area contributed by atoms with E-state index in [4.69, 9.17) is 17.3 Å². The van der Waals surface area contributed by atoms with Gasteiger partial charge in [-0.05, 0) is 24.6 Å². The van der Waals surface area contributed by atoms with Crippen molar-refractivity contribution in [3.8, 4) is 11.3 Å². The first-order valence-corrected chi connectivity index (χ1v) is 7.55. The molecule has 0 fully saturated rings. The molecule has 0 aliphatic heterocycles. The van der Waals surface area contributed by atoms with E-state index >= 15 is 0 Å². The highest BCUT2D eigenvalue weighted by Crippen LogP contribution is 2.34. The van der Waals surface area contributed by atoms with E-state index in [1.165, 1.54) is 0 Å². The van der Waals surface area contributed by atoms with E-state index in [1.807, 2.05) is 18.2 Å². The number of benzene rings is 1. The molecule has 2 N–H and O–H groups in total. The minimum absolute atomic E-state index is 0.665. The van der Waals surface area contributed by atoms with Crippen LogP contribution in [0.5, 0.6) is 0 Å². The Morgan fingerprint density at radius 2 is 2.11 bits per heavy atom. The summed E-state index contributed by atoms with van der Waals surface area (Å²) in [5, 5.41) is 0.665. The number of hydrogen-bond donors (Lipinski definition) is 1. The van der Waals surface area contributed by atoms with Crippen LogP contribution in [0.3, 0.4) is 0 Å². The lowest BCUT2D eigenvalue weighted by Crippen LogP contribution is -2.06. The quantitative estimate of drug-likeness (QED) is 0.887. The van der Waals surface area contributed by atoms with Gasteiger partial charge in [0.25, 0.3) is 0 Å². The highest BCUT2D eigenvalue weighted by molar-refractivity contribution is 9.10. The fourth-order valence-electron chi connectivity index (χ4n) is 2.13. The molecular formula is C14H17BrClN3. The van der Waals surface area contributed by atoms with E-state index in [0.29, 0.717) is 10.8 Å². The van der Waals surface area contributed by atoms with Crippen molar-refractivity contribution in [1.82, 2.24) is 9.55 Å². The Labute approximate surface area is 126 Å². The summed E-state index contributed by atoms with van der Waals surface area (Å²) in [7, 11) is 0. The summed E-state index contributed by atoms with van der Waals surface area (Å²) in [6.07, 6.45) is 1.88. The number of rotatable bonds is 4. The largest absolute Gasteiger partial charge is 0.383 e. The van der Waals surface area contributed by atoms with Crippen LogP contribution in [0.2, 0.25) is 5.02 Å². The molecule has 0 radical (unpaired) electrons. The van der Waals surface area contributed by atoms with Crippen LogP contribution >= 0.6 is 27.5 Å². The standard InChI is InChI=1S/C14H17BrClN3/c1-3-7-19-12(4-2)18-13(14(19)17)10-8-9(15)5-6-11(10)16/h5-6,8H,3-4,7,17H2,1-2H3. The normalized spacial score (nSPS) is 10.9. The number of imidazole rings is 1. The molecule has 1 aromatic heterocycles. The highest BCUT2D eigenvalue weighted by atomic mass is 79.9. The average molecular weight is 343 g/mol. The van der Waals surface area contributed by atoms with Gasteiger partial charge >= 0.3 is 0 Å². The van der Waals surface area contributed by atoms with Gasteiger partial charge in [-0.1, -0.05) is 41.4 Å². The molecule has 2 rings (SSSR count). The number of nitrogen functional groups attached to an aromatic ring is 1. The first-order valence-electron chi connectivity index (χ1n) is 6.38. The fraction of sp³-hybridized carbons (Fsp3) is 0.357. The third-order valence-corrected chi connectivity index (χ3v) is 3.86. The van der Waals surface area contributed by atoms with Crippen molar-refractivity contribution in [1.29, 1.82) is 0 Å². The third-order valence-electron chi connectivity index (χ3n) is 3.03. The summed E-state index contributed by atoms with van der Waals surface area (Å²) < 4.78 is 3.04. The summed E-state index contributed by atoms with van der Waals surface area (Å²) in [5.41, 5.74) is 7.89. The molecule has 0 saturated carbocycles. The lowest BCUT2D eigenvalue weighted by Gasteiger charge is -2.07. The Morgan fingerprint density at radius 3 is 2.74 bits per heavy atom. The first-order chi connectivity index (χ1) is 9.08. The van der Waals surface area contributed by atoms with Crippen molar-refractivity contribution >= 4 is 33.3 Å². The van der Waals surface area contributed by atoms with E-state index < -0.39 is 0 Å². The van der Waals surface area contributed by atoms with Crippen LogP contribution in [-0.2, 0) is 13.0 Å². The molecule has 2 aromatic rings. The van der Waals surface area contributed by atoms with Gasteiger partial charge < -0.3 is 10.3 Å². The van der Waals surface area contributed by atoms with Gasteiger partial charge in [0.2, 0.25) is 0 Å². The van der Waals surface area contributed by atoms with Crippen LogP contribution in [0.4, 0.5) is 5.82 Å². The number of aromatic nitrogens is 2. The van der Waals surface area contributed by atoms with Crippen molar-refractivity contribution in [2.45, 2.75) is 33.2 Å². The molecule has 1 heterocycles. The molecule has 1 aromatic carbocycles. The van der Waals surface area contributed by atoms with Gasteiger partial charge in [-0.15, -0.1) is 0 Å². The third kappa shape index (κ3) is 2.79. The second-order valence-electron chi connectivity index (χ2n) is 4.39. The molecule has 5 heteroatoms. The predicted molar refractivity (Wildman–Crippen MR) is 84.5 cm³/mol. The smallest absolute Gasteiger partial charge is 0.131 e. The van der Waals surface area contributed by atoms with Crippen LogP contribution in [0.15, 0.2) is 22.7 Å². The van der Waals surface area contributed by atoms with Crippen molar-refractivity contribution in [3.63, 3.8) is 0 Å². The number of nitrogens with zero attached hydrogens (tertiary/aromatic N) is 2. The number of halogens is 2. The Hall–Kier alpha value is -1.00. The van der Waals surface area contributed by atoms with Crippen molar-refractivity contribution in [2.75, 3.05) is 5.73 Å². The molecule has 0 atom stereocenters. The van der Waals surface area contributed by atoms with Gasteiger partial charge in [0.1, 0.15) is 17.3 Å². The maximum Gasteiger partial charge on any atom is 0.131 e. The van der Waals surface area contributed by atoms with Crippen LogP contribution in [0, 0.1) is 0 Å². The summed E-state index contributed by atoms with van der Waals surface area (Å²) in [6.45, 7) is 5.10. The summed E-state index contributed by atoms with van der Waals surface area (Å²) in [5.74, 6) is 1.70. The van der Waals surface area contributed by atoms with Crippen molar-refractivity contribution in [3.05, 3.63) is 33.5 Å². The molecule has 0 saturated heterocycles. The molecule has 0 aliphatic carbocycles. The summed E-state index contributed by atoms with van der Waals surface area (Å²) in [6, 6.07) is 5.72. The molecule has 19 heavy (non-hydrogen) atoms. The first kappa shape index (κ1) is 14.4. The molecule has 0 aliphatic rings. The van der Waals surface area contributed by atoms with E-state index in [-0.39, 0.29) is 0 Å². The predicted octanol–water partition coefficient (Wildman–Crippen LogP) is 4.52. The molecule has 102 valence electrons. The molecule has 0 spiro atoms. The zero-order chi connectivity index (χ0) is 14.0. The fourth-order valence-corrected chi connectivity index (χ4v) is 2.70. The van der Waals surface area contributed by atoms with Crippen molar-refractivity contribution < 1.29 is 0 Å². The number of nitrogens with two attached hydrogens (primary N) is 1. The minimum Gasteiger partial charge on any atom is -0.383 e. The Kier molecular flexibility index (Phi) is 4.53. The molecule has 3 nitrogen and oxygen atoms in total. The molecule has 0 bridgehead atoms. The SMILES string of the molecule is CCCn1c(CC)nc(-c2cc(Br)ccc2Cl)c1N. The lowest BCUT2D eigenvalue weighted by molar-refractivity contribution is 0.650. The van der Waals surface area contributed by atoms with Crippen LogP contribution in [0.25, 0.3) is 11.3 Å². The second kappa shape index (κ2) is 5.97. The zero-order valence-electron chi connectivity index (χ0n) is 11.1. The van der Waals surface area contributed by atoms with Gasteiger partial charge in [-0.2, -0.15) is 0 Å². The number of hydrogen-bond acceptors (Lipinski definition) is 2. The molecule has 0 unspecified atom stereocenters. The lowest BCUT2D eigenvalue weighted by atomic mass is 10.1. The van der Waals surface area contributed by atoms with E-state index in [0.717, 1.165) is 40.9 Å². The van der Waals surface area contributed by atoms with E-state index in [9.17, 15) is 0 Å². The van der Waals surface area contributed by atoms with Crippen LogP contribution < -0.4 is 5.73 Å². The van der Waals surface area contributed by atoms with Gasteiger partial charge in [-0.3, -0.25) is 0 Å².